The van der Waals surface area contributed by atoms with Gasteiger partial charge in [0.05, 0.1) is 17.2 Å². The van der Waals surface area contributed by atoms with Crippen LogP contribution in [0.2, 0.25) is 0 Å². The van der Waals surface area contributed by atoms with Crippen LogP contribution >= 0.6 is 0 Å². The van der Waals surface area contributed by atoms with E-state index in [1.165, 1.54) is 5.56 Å². The Morgan fingerprint density at radius 1 is 1.11 bits per heavy atom. The Hall–Kier alpha value is -0.0700. The van der Waals surface area contributed by atoms with Gasteiger partial charge < -0.3 is 9.29 Å². The predicted octanol–water partition coefficient (Wildman–Crippen LogP) is -0.380. The molecule has 0 radical (unpaired) electrons. The van der Waals surface area contributed by atoms with E-state index in [0.717, 1.165) is 5.75 Å². The minimum Gasteiger partial charge on any atom is -0.748 e. The SMILES string of the molecule is COc1ccc(C(C)C(C)C)cc1.CS(=O)(=O)[O-].[Na+]. The maximum absolute atomic E-state index is 9.08. The fraction of sp³-hybridized carbons (Fsp3) is 0.538. The molecular formula is C13H21NaO4S. The van der Waals surface area contributed by atoms with Gasteiger partial charge in [-0.3, -0.25) is 0 Å². The molecule has 0 N–H and O–H groups in total. The molecule has 4 nitrogen and oxygen atoms in total. The molecule has 1 atom stereocenters. The summed E-state index contributed by atoms with van der Waals surface area (Å²) in [5.74, 6) is 2.24. The Morgan fingerprint density at radius 3 is 1.74 bits per heavy atom. The van der Waals surface area contributed by atoms with E-state index in [1.807, 2.05) is 12.1 Å². The standard InChI is InChI=1S/C12H18O.CH4O3S.Na/c1-9(2)10(3)11-5-7-12(13-4)8-6-11;1-5(2,3)4;/h5-10H,1-4H3;1H3,(H,2,3,4);/q;;+1/p-1. The van der Waals surface area contributed by atoms with Gasteiger partial charge in [0.2, 0.25) is 0 Å². The molecule has 0 amide bonds. The summed E-state index contributed by atoms with van der Waals surface area (Å²) in [7, 11) is -2.22. The smallest absolute Gasteiger partial charge is 0.748 e. The Morgan fingerprint density at radius 2 is 1.47 bits per heavy atom. The van der Waals surface area contributed by atoms with E-state index in [-0.39, 0.29) is 29.6 Å². The predicted molar refractivity (Wildman–Crippen MR) is 71.9 cm³/mol. The van der Waals surface area contributed by atoms with Gasteiger partial charge in [-0.25, -0.2) is 8.42 Å². The molecule has 0 bridgehead atoms. The molecule has 0 spiro atoms. The normalized spacial score (nSPS) is 11.9. The molecule has 1 rings (SSSR count). The van der Waals surface area contributed by atoms with Gasteiger partial charge in [-0.2, -0.15) is 0 Å². The quantitative estimate of drug-likeness (QED) is 0.563. The van der Waals surface area contributed by atoms with Crippen LogP contribution in [-0.2, 0) is 10.1 Å². The van der Waals surface area contributed by atoms with Crippen molar-refractivity contribution >= 4 is 10.1 Å². The number of rotatable bonds is 3. The summed E-state index contributed by atoms with van der Waals surface area (Å²) in [6.45, 7) is 6.75. The molecular weight excluding hydrogens is 275 g/mol. The summed E-state index contributed by atoms with van der Waals surface area (Å²) < 4.78 is 32.3. The molecule has 0 aromatic heterocycles. The Kier molecular flexibility index (Phi) is 10.9. The number of benzene rings is 1. The van der Waals surface area contributed by atoms with E-state index < -0.39 is 10.1 Å². The average molecular weight is 296 g/mol. The summed E-state index contributed by atoms with van der Waals surface area (Å²) in [6, 6.07) is 8.33. The third kappa shape index (κ3) is 11.5. The fourth-order valence-electron chi connectivity index (χ4n) is 1.29. The summed E-state index contributed by atoms with van der Waals surface area (Å²) in [5.41, 5.74) is 1.39. The Labute approximate surface area is 138 Å². The molecule has 0 aliphatic carbocycles. The van der Waals surface area contributed by atoms with Gasteiger partial charge >= 0.3 is 29.6 Å². The zero-order valence-electron chi connectivity index (χ0n) is 12.5. The second-order valence-electron chi connectivity index (χ2n) is 4.51. The van der Waals surface area contributed by atoms with Crippen molar-refractivity contribution in [2.45, 2.75) is 26.7 Å². The van der Waals surface area contributed by atoms with E-state index in [2.05, 4.69) is 32.9 Å². The third-order valence-corrected chi connectivity index (χ3v) is 2.64. The number of ether oxygens (including phenoxy) is 1. The molecule has 0 fully saturated rings. The molecule has 1 unspecified atom stereocenters. The topological polar surface area (TPSA) is 66.4 Å². The number of hydrogen-bond acceptors (Lipinski definition) is 4. The molecule has 0 saturated heterocycles. The summed E-state index contributed by atoms with van der Waals surface area (Å²) in [4.78, 5) is 0. The minimum absolute atomic E-state index is 0. The second-order valence-corrected chi connectivity index (χ2v) is 5.92. The average Bonchev–Trinajstić information content (AvgIpc) is 2.26. The molecule has 0 aliphatic rings. The summed E-state index contributed by atoms with van der Waals surface area (Å²) >= 11 is 0. The molecule has 1 aromatic carbocycles. The van der Waals surface area contributed by atoms with E-state index in [9.17, 15) is 0 Å². The van der Waals surface area contributed by atoms with Gasteiger partial charge in [-0.15, -0.1) is 0 Å². The van der Waals surface area contributed by atoms with Crippen molar-refractivity contribution in [3.05, 3.63) is 29.8 Å². The summed E-state index contributed by atoms with van der Waals surface area (Å²) in [5, 5.41) is 0. The van der Waals surface area contributed by atoms with Crippen LogP contribution in [0.5, 0.6) is 5.75 Å². The van der Waals surface area contributed by atoms with Crippen molar-refractivity contribution in [1.82, 2.24) is 0 Å². The molecule has 1 aromatic rings. The van der Waals surface area contributed by atoms with E-state index in [0.29, 0.717) is 18.1 Å². The van der Waals surface area contributed by atoms with Crippen LogP contribution in [0.15, 0.2) is 24.3 Å². The molecule has 104 valence electrons. The van der Waals surface area contributed by atoms with Crippen molar-refractivity contribution in [1.29, 1.82) is 0 Å². The van der Waals surface area contributed by atoms with Crippen LogP contribution in [0.4, 0.5) is 0 Å². The molecule has 0 saturated carbocycles. The first-order chi connectivity index (χ1) is 8.15. The van der Waals surface area contributed by atoms with Crippen LogP contribution in [-0.4, -0.2) is 26.3 Å². The molecule has 19 heavy (non-hydrogen) atoms. The number of hydrogen-bond donors (Lipinski definition) is 0. The molecule has 6 heteroatoms. The fourth-order valence-corrected chi connectivity index (χ4v) is 1.29. The largest absolute Gasteiger partial charge is 1.00 e. The Balaban J connectivity index is 0. The first-order valence-electron chi connectivity index (χ1n) is 5.70. The van der Waals surface area contributed by atoms with E-state index >= 15 is 0 Å². The van der Waals surface area contributed by atoms with Crippen LogP contribution in [0.3, 0.4) is 0 Å². The van der Waals surface area contributed by atoms with Crippen LogP contribution in [0.1, 0.15) is 32.3 Å². The number of methoxy groups -OCH3 is 1. The van der Waals surface area contributed by atoms with E-state index in [1.54, 1.807) is 7.11 Å². The summed E-state index contributed by atoms with van der Waals surface area (Å²) in [6.07, 6.45) is 0.604. The first-order valence-corrected chi connectivity index (χ1v) is 7.51. The van der Waals surface area contributed by atoms with Gasteiger partial charge in [0, 0.05) is 6.26 Å². The van der Waals surface area contributed by atoms with Gasteiger partial charge in [0.1, 0.15) is 5.75 Å². The molecule has 0 aliphatic heterocycles. The maximum atomic E-state index is 9.08. The first kappa shape index (κ1) is 21.2. The van der Waals surface area contributed by atoms with Crippen molar-refractivity contribution in [2.75, 3.05) is 13.4 Å². The van der Waals surface area contributed by atoms with Gasteiger partial charge in [-0.1, -0.05) is 32.9 Å². The molecule has 0 heterocycles. The van der Waals surface area contributed by atoms with Gasteiger partial charge in [0.15, 0.2) is 0 Å². The zero-order valence-corrected chi connectivity index (χ0v) is 15.3. The van der Waals surface area contributed by atoms with Crippen molar-refractivity contribution < 1.29 is 47.3 Å². The Bertz CT molecular complexity index is 432. The maximum Gasteiger partial charge on any atom is 1.00 e. The van der Waals surface area contributed by atoms with E-state index in [4.69, 9.17) is 17.7 Å². The van der Waals surface area contributed by atoms with Crippen molar-refractivity contribution in [3.8, 4) is 5.75 Å². The third-order valence-electron chi connectivity index (χ3n) is 2.64. The second kappa shape index (κ2) is 9.77. The van der Waals surface area contributed by atoms with Gasteiger partial charge in [0.25, 0.3) is 0 Å². The van der Waals surface area contributed by atoms with Crippen LogP contribution < -0.4 is 34.3 Å². The monoisotopic (exact) mass is 296 g/mol. The van der Waals surface area contributed by atoms with Crippen LogP contribution in [0.25, 0.3) is 0 Å². The zero-order chi connectivity index (χ0) is 14.3. The van der Waals surface area contributed by atoms with Crippen molar-refractivity contribution in [3.63, 3.8) is 0 Å². The minimum atomic E-state index is -3.92. The van der Waals surface area contributed by atoms with Gasteiger partial charge in [-0.05, 0) is 29.5 Å². The van der Waals surface area contributed by atoms with Crippen molar-refractivity contribution in [2.24, 2.45) is 5.92 Å². The van der Waals surface area contributed by atoms with Crippen LogP contribution in [0, 0.1) is 5.92 Å².